The molecule has 0 aromatic heterocycles. The molecule has 0 radical (unpaired) electrons. The molecule has 6 heteroatoms. The van der Waals surface area contributed by atoms with Crippen LogP contribution in [0.2, 0.25) is 0 Å². The summed E-state index contributed by atoms with van der Waals surface area (Å²) >= 11 is 0. The minimum absolute atomic E-state index is 0.180. The third kappa shape index (κ3) is 3.71. The van der Waals surface area contributed by atoms with E-state index in [9.17, 15) is 8.42 Å². The average Bonchev–Trinajstić information content (AvgIpc) is 2.50. The van der Waals surface area contributed by atoms with Gasteiger partial charge in [-0.25, -0.2) is 8.42 Å². The van der Waals surface area contributed by atoms with Crippen molar-refractivity contribution in [3.63, 3.8) is 0 Å². The second-order valence-electron chi connectivity index (χ2n) is 4.69. The van der Waals surface area contributed by atoms with Crippen LogP contribution in [-0.4, -0.2) is 22.1 Å². The zero-order valence-corrected chi connectivity index (χ0v) is 13.6. The monoisotopic (exact) mass is 321 g/mol. The van der Waals surface area contributed by atoms with E-state index in [1.165, 1.54) is 19.2 Å². The average molecular weight is 321 g/mol. The van der Waals surface area contributed by atoms with Crippen molar-refractivity contribution in [2.75, 3.05) is 18.4 Å². The predicted octanol–water partition coefficient (Wildman–Crippen LogP) is 3.20. The van der Waals surface area contributed by atoms with E-state index in [2.05, 4.69) is 4.72 Å². The SMILES string of the molecule is CCOc1ccc(NS(=O)(=O)c2ccc(OC)cc2)cc1C. The first-order chi connectivity index (χ1) is 10.5. The minimum atomic E-state index is -3.63. The van der Waals surface area contributed by atoms with E-state index in [0.29, 0.717) is 18.0 Å². The van der Waals surface area contributed by atoms with Crippen LogP contribution in [0.1, 0.15) is 12.5 Å². The van der Waals surface area contributed by atoms with Crippen molar-refractivity contribution in [2.45, 2.75) is 18.7 Å². The third-order valence-electron chi connectivity index (χ3n) is 3.10. The lowest BCUT2D eigenvalue weighted by molar-refractivity contribution is 0.338. The molecule has 0 heterocycles. The number of hydrogen-bond donors (Lipinski definition) is 1. The van der Waals surface area contributed by atoms with E-state index in [0.717, 1.165) is 11.3 Å². The fraction of sp³-hybridized carbons (Fsp3) is 0.250. The van der Waals surface area contributed by atoms with Crippen LogP contribution in [0, 0.1) is 6.92 Å². The number of rotatable bonds is 6. The smallest absolute Gasteiger partial charge is 0.261 e. The molecule has 5 nitrogen and oxygen atoms in total. The summed E-state index contributed by atoms with van der Waals surface area (Å²) in [7, 11) is -2.09. The molecule has 0 fully saturated rings. The molecule has 22 heavy (non-hydrogen) atoms. The molecule has 0 amide bonds. The Kier molecular flexibility index (Phi) is 4.92. The summed E-state index contributed by atoms with van der Waals surface area (Å²) in [5, 5.41) is 0. The van der Waals surface area contributed by atoms with Crippen LogP contribution in [0.15, 0.2) is 47.4 Å². The molecule has 0 aliphatic carbocycles. The Morgan fingerprint density at radius 3 is 2.32 bits per heavy atom. The van der Waals surface area contributed by atoms with Gasteiger partial charge >= 0.3 is 0 Å². The second kappa shape index (κ2) is 6.70. The first-order valence-corrected chi connectivity index (χ1v) is 8.35. The van der Waals surface area contributed by atoms with Gasteiger partial charge in [-0.1, -0.05) is 0 Å². The Balaban J connectivity index is 2.22. The number of hydrogen-bond acceptors (Lipinski definition) is 4. The summed E-state index contributed by atoms with van der Waals surface area (Å²) in [5.74, 6) is 1.35. The second-order valence-corrected chi connectivity index (χ2v) is 6.38. The van der Waals surface area contributed by atoms with Crippen LogP contribution in [-0.2, 0) is 10.0 Å². The van der Waals surface area contributed by atoms with Gasteiger partial charge in [0.25, 0.3) is 10.0 Å². The van der Waals surface area contributed by atoms with E-state index in [4.69, 9.17) is 9.47 Å². The molecule has 0 bridgehead atoms. The van der Waals surface area contributed by atoms with E-state index < -0.39 is 10.0 Å². The van der Waals surface area contributed by atoms with Gasteiger partial charge in [-0.2, -0.15) is 0 Å². The van der Waals surface area contributed by atoms with Gasteiger partial charge in [0.05, 0.1) is 18.6 Å². The molecule has 0 saturated carbocycles. The van der Waals surface area contributed by atoms with Crippen molar-refractivity contribution in [3.8, 4) is 11.5 Å². The number of aryl methyl sites for hydroxylation is 1. The Labute approximate surface area is 130 Å². The van der Waals surface area contributed by atoms with Gasteiger partial charge in [0.1, 0.15) is 11.5 Å². The Morgan fingerprint density at radius 1 is 1.09 bits per heavy atom. The zero-order valence-electron chi connectivity index (χ0n) is 12.8. The fourth-order valence-corrected chi connectivity index (χ4v) is 3.05. The van der Waals surface area contributed by atoms with Crippen LogP contribution in [0.3, 0.4) is 0 Å². The van der Waals surface area contributed by atoms with Crippen molar-refractivity contribution in [2.24, 2.45) is 0 Å². The standard InChI is InChI=1S/C16H19NO4S/c1-4-21-16-10-5-13(11-12(16)2)17-22(18,19)15-8-6-14(20-3)7-9-15/h5-11,17H,4H2,1-3H3. The molecule has 0 atom stereocenters. The van der Waals surface area contributed by atoms with Crippen molar-refractivity contribution < 1.29 is 17.9 Å². The normalized spacial score (nSPS) is 11.0. The molecular formula is C16H19NO4S. The van der Waals surface area contributed by atoms with E-state index >= 15 is 0 Å². The maximum atomic E-state index is 12.3. The van der Waals surface area contributed by atoms with Gasteiger partial charge < -0.3 is 9.47 Å². The number of anilines is 1. The molecule has 0 aliphatic heterocycles. The van der Waals surface area contributed by atoms with Crippen LogP contribution in [0.5, 0.6) is 11.5 Å². The van der Waals surface area contributed by atoms with Crippen LogP contribution >= 0.6 is 0 Å². The highest BCUT2D eigenvalue weighted by molar-refractivity contribution is 7.92. The van der Waals surface area contributed by atoms with Crippen molar-refractivity contribution in [1.82, 2.24) is 0 Å². The maximum Gasteiger partial charge on any atom is 0.261 e. The number of methoxy groups -OCH3 is 1. The predicted molar refractivity (Wildman–Crippen MR) is 86.2 cm³/mol. The molecule has 2 rings (SSSR count). The third-order valence-corrected chi connectivity index (χ3v) is 4.49. The quantitative estimate of drug-likeness (QED) is 0.887. The molecular weight excluding hydrogens is 302 g/mol. The number of ether oxygens (including phenoxy) is 2. The largest absolute Gasteiger partial charge is 0.497 e. The highest BCUT2D eigenvalue weighted by Crippen LogP contribution is 2.24. The summed E-state index contributed by atoms with van der Waals surface area (Å²) in [5.41, 5.74) is 1.37. The van der Waals surface area contributed by atoms with Crippen molar-refractivity contribution in [3.05, 3.63) is 48.0 Å². The maximum absolute atomic E-state index is 12.3. The molecule has 0 aliphatic rings. The molecule has 2 aromatic rings. The van der Waals surface area contributed by atoms with Gasteiger partial charge in [0.2, 0.25) is 0 Å². The molecule has 0 unspecified atom stereocenters. The highest BCUT2D eigenvalue weighted by atomic mass is 32.2. The van der Waals surface area contributed by atoms with E-state index in [1.807, 2.05) is 13.8 Å². The molecule has 1 N–H and O–H groups in total. The molecule has 0 spiro atoms. The summed E-state index contributed by atoms with van der Waals surface area (Å²) in [6.07, 6.45) is 0. The lowest BCUT2D eigenvalue weighted by Crippen LogP contribution is -2.13. The van der Waals surface area contributed by atoms with Gasteiger partial charge in [-0.3, -0.25) is 4.72 Å². The Morgan fingerprint density at radius 2 is 1.77 bits per heavy atom. The van der Waals surface area contributed by atoms with Gasteiger partial charge in [-0.05, 0) is 61.9 Å². The molecule has 2 aromatic carbocycles. The van der Waals surface area contributed by atoms with Crippen molar-refractivity contribution >= 4 is 15.7 Å². The number of sulfonamides is 1. The van der Waals surface area contributed by atoms with Gasteiger partial charge in [0, 0.05) is 5.69 Å². The zero-order chi connectivity index (χ0) is 16.2. The van der Waals surface area contributed by atoms with E-state index in [1.54, 1.807) is 30.3 Å². The Hall–Kier alpha value is -2.21. The molecule has 118 valence electrons. The summed E-state index contributed by atoms with van der Waals surface area (Å²) in [6, 6.07) is 11.4. The highest BCUT2D eigenvalue weighted by Gasteiger charge is 2.14. The number of benzene rings is 2. The minimum Gasteiger partial charge on any atom is -0.497 e. The first kappa shape index (κ1) is 16.2. The fourth-order valence-electron chi connectivity index (χ4n) is 2.00. The summed E-state index contributed by atoms with van der Waals surface area (Å²) in [6.45, 7) is 4.34. The van der Waals surface area contributed by atoms with Gasteiger partial charge in [0.15, 0.2) is 0 Å². The number of nitrogens with one attached hydrogen (secondary N) is 1. The van der Waals surface area contributed by atoms with Crippen LogP contribution in [0.4, 0.5) is 5.69 Å². The summed E-state index contributed by atoms with van der Waals surface area (Å²) in [4.78, 5) is 0.180. The Bertz CT molecular complexity index is 739. The van der Waals surface area contributed by atoms with Crippen LogP contribution < -0.4 is 14.2 Å². The van der Waals surface area contributed by atoms with Crippen molar-refractivity contribution in [1.29, 1.82) is 0 Å². The van der Waals surface area contributed by atoms with Gasteiger partial charge in [-0.15, -0.1) is 0 Å². The first-order valence-electron chi connectivity index (χ1n) is 6.86. The summed E-state index contributed by atoms with van der Waals surface area (Å²) < 4.78 is 37.7. The lowest BCUT2D eigenvalue weighted by Gasteiger charge is -2.12. The van der Waals surface area contributed by atoms with Crippen LogP contribution in [0.25, 0.3) is 0 Å². The molecule has 0 saturated heterocycles. The van der Waals surface area contributed by atoms with E-state index in [-0.39, 0.29) is 4.90 Å². The lowest BCUT2D eigenvalue weighted by atomic mass is 10.2. The topological polar surface area (TPSA) is 64.6 Å².